The number of nitrogens with one attached hydrogen (secondary N) is 1. The molecule has 0 unspecified atom stereocenters. The smallest absolute Gasteiger partial charge is 0.238 e. The maximum absolute atomic E-state index is 12.6. The largest absolute Gasteiger partial charge is 0.325 e. The molecule has 1 aliphatic rings. The Morgan fingerprint density at radius 1 is 1.25 bits per heavy atom. The van der Waals surface area contributed by atoms with Crippen molar-refractivity contribution in [3.63, 3.8) is 0 Å². The van der Waals surface area contributed by atoms with Gasteiger partial charge < -0.3 is 5.32 Å². The fourth-order valence-electron chi connectivity index (χ4n) is 3.18. The topological polar surface area (TPSA) is 115 Å². The number of carbonyl (C=O) groups is 1. The zero-order chi connectivity index (χ0) is 19.9. The first-order valence-electron chi connectivity index (χ1n) is 8.68. The third-order valence-corrected chi connectivity index (χ3v) is 7.80. The number of fused-ring (bicyclic) bond motifs is 3. The monoisotopic (exact) mass is 434 g/mol. The lowest BCUT2D eigenvalue weighted by Crippen LogP contribution is -2.22. The third-order valence-electron chi connectivity index (χ3n) is 4.57. The second-order valence-corrected chi connectivity index (χ2v) is 10.5. The van der Waals surface area contributed by atoms with Crippen LogP contribution in [-0.2, 0) is 27.7 Å². The van der Waals surface area contributed by atoms with Crippen LogP contribution in [0.25, 0.3) is 10.2 Å². The predicted molar refractivity (Wildman–Crippen MR) is 111 cm³/mol. The molecule has 1 atom stereocenters. The molecular formula is C18H18N4O3S3. The van der Waals surface area contributed by atoms with Crippen molar-refractivity contribution in [3.8, 4) is 0 Å². The standard InChI is InChI=1S/C18H18N4O3S3/c1-10(16(23)22-11-5-7-12(8-6-11)28(19,24)25)26-17-15-13-3-2-4-14(13)27-18(15)21-9-20-17/h5-10H,2-4H2,1H3,(H,22,23)(H2,19,24,25)/t10-/m0/s1. The van der Waals surface area contributed by atoms with Crippen molar-refractivity contribution in [2.75, 3.05) is 5.32 Å². The summed E-state index contributed by atoms with van der Waals surface area (Å²) in [6.45, 7) is 1.82. The fraction of sp³-hybridized carbons (Fsp3) is 0.278. The lowest BCUT2D eigenvalue weighted by molar-refractivity contribution is -0.115. The molecule has 3 aromatic rings. The molecule has 1 aliphatic carbocycles. The van der Waals surface area contributed by atoms with Gasteiger partial charge in [0.05, 0.1) is 10.1 Å². The molecule has 28 heavy (non-hydrogen) atoms. The summed E-state index contributed by atoms with van der Waals surface area (Å²) >= 11 is 3.12. The van der Waals surface area contributed by atoms with Crippen molar-refractivity contribution in [1.82, 2.24) is 9.97 Å². The minimum Gasteiger partial charge on any atom is -0.325 e. The van der Waals surface area contributed by atoms with E-state index in [1.54, 1.807) is 17.7 Å². The van der Waals surface area contributed by atoms with Gasteiger partial charge in [0.25, 0.3) is 0 Å². The third kappa shape index (κ3) is 3.77. The van der Waals surface area contributed by atoms with E-state index in [4.69, 9.17) is 5.14 Å². The average Bonchev–Trinajstić information content (AvgIpc) is 3.22. The van der Waals surface area contributed by atoms with E-state index >= 15 is 0 Å². The van der Waals surface area contributed by atoms with Crippen LogP contribution in [0.4, 0.5) is 5.69 Å². The molecule has 3 N–H and O–H groups in total. The summed E-state index contributed by atoms with van der Waals surface area (Å²) in [4.78, 5) is 23.8. The van der Waals surface area contributed by atoms with Gasteiger partial charge in [0, 0.05) is 16.0 Å². The Hall–Kier alpha value is -2.01. The number of aryl methyl sites for hydroxylation is 2. The quantitative estimate of drug-likeness (QED) is 0.471. The van der Waals surface area contributed by atoms with E-state index in [2.05, 4.69) is 15.3 Å². The van der Waals surface area contributed by atoms with Crippen LogP contribution in [0.5, 0.6) is 0 Å². The summed E-state index contributed by atoms with van der Waals surface area (Å²) in [7, 11) is -3.76. The van der Waals surface area contributed by atoms with Gasteiger partial charge in [-0.25, -0.2) is 23.5 Å². The van der Waals surface area contributed by atoms with Crippen molar-refractivity contribution in [2.45, 2.75) is 41.4 Å². The van der Waals surface area contributed by atoms with Crippen LogP contribution >= 0.6 is 23.1 Å². The minimum absolute atomic E-state index is 0.00242. The number of amides is 1. The van der Waals surface area contributed by atoms with Gasteiger partial charge in [-0.1, -0.05) is 11.8 Å². The number of aromatic nitrogens is 2. The Kier molecular flexibility index (Phi) is 5.13. The van der Waals surface area contributed by atoms with Gasteiger partial charge in [0.15, 0.2) is 0 Å². The highest BCUT2D eigenvalue weighted by atomic mass is 32.2. The predicted octanol–water partition coefficient (Wildman–Crippen LogP) is 2.95. The van der Waals surface area contributed by atoms with Crippen LogP contribution in [0.3, 0.4) is 0 Å². The van der Waals surface area contributed by atoms with E-state index in [0.29, 0.717) is 5.69 Å². The van der Waals surface area contributed by atoms with Crippen LogP contribution in [0.15, 0.2) is 40.5 Å². The molecule has 4 rings (SSSR count). The molecule has 0 radical (unpaired) electrons. The fourth-order valence-corrected chi connectivity index (χ4v) is 5.94. The Morgan fingerprint density at radius 3 is 2.71 bits per heavy atom. The molecule has 10 heteroatoms. The Labute approximate surface area is 170 Å². The number of benzene rings is 1. The van der Waals surface area contributed by atoms with Gasteiger partial charge >= 0.3 is 0 Å². The Balaban J connectivity index is 1.50. The van der Waals surface area contributed by atoms with E-state index in [9.17, 15) is 13.2 Å². The van der Waals surface area contributed by atoms with Crippen LogP contribution in [0, 0.1) is 0 Å². The highest BCUT2D eigenvalue weighted by molar-refractivity contribution is 8.00. The van der Waals surface area contributed by atoms with E-state index < -0.39 is 10.0 Å². The van der Waals surface area contributed by atoms with E-state index in [0.717, 1.165) is 34.5 Å². The van der Waals surface area contributed by atoms with E-state index in [1.807, 2.05) is 6.92 Å². The highest BCUT2D eigenvalue weighted by Crippen LogP contribution is 2.40. The molecule has 0 saturated heterocycles. The van der Waals surface area contributed by atoms with Gasteiger partial charge in [0.2, 0.25) is 15.9 Å². The van der Waals surface area contributed by atoms with E-state index in [-0.39, 0.29) is 16.1 Å². The second-order valence-electron chi connectivity index (χ2n) is 6.54. The molecule has 2 heterocycles. The van der Waals surface area contributed by atoms with Crippen molar-refractivity contribution in [2.24, 2.45) is 5.14 Å². The summed E-state index contributed by atoms with van der Waals surface area (Å²) in [5.41, 5.74) is 1.84. The summed E-state index contributed by atoms with van der Waals surface area (Å²) in [5.74, 6) is -0.188. The molecule has 0 aliphatic heterocycles. The number of primary sulfonamides is 1. The Morgan fingerprint density at radius 2 is 2.00 bits per heavy atom. The second kappa shape index (κ2) is 7.43. The molecular weight excluding hydrogens is 416 g/mol. The maximum Gasteiger partial charge on any atom is 0.238 e. The number of sulfonamides is 1. The summed E-state index contributed by atoms with van der Waals surface area (Å²) in [6.07, 6.45) is 4.83. The first kappa shape index (κ1) is 19.3. The molecule has 7 nitrogen and oxygen atoms in total. The lowest BCUT2D eigenvalue weighted by atomic mass is 10.2. The van der Waals surface area contributed by atoms with Crippen molar-refractivity contribution in [1.29, 1.82) is 0 Å². The molecule has 0 saturated carbocycles. The van der Waals surface area contributed by atoms with Crippen LogP contribution in [-0.4, -0.2) is 29.5 Å². The number of nitrogens with two attached hydrogens (primary N) is 1. The SMILES string of the molecule is C[C@H](Sc1ncnc2sc3c(c12)CCC3)C(=O)Nc1ccc(S(N)(=O)=O)cc1. The van der Waals surface area contributed by atoms with Crippen molar-refractivity contribution < 1.29 is 13.2 Å². The first-order chi connectivity index (χ1) is 13.3. The normalized spacial score (nSPS) is 14.8. The summed E-state index contributed by atoms with van der Waals surface area (Å²) < 4.78 is 22.6. The number of thiophene rings is 1. The van der Waals surface area contributed by atoms with E-state index in [1.165, 1.54) is 46.5 Å². The van der Waals surface area contributed by atoms with Crippen LogP contribution < -0.4 is 10.5 Å². The van der Waals surface area contributed by atoms with Crippen molar-refractivity contribution in [3.05, 3.63) is 41.0 Å². The number of anilines is 1. The lowest BCUT2D eigenvalue weighted by Gasteiger charge is -2.12. The highest BCUT2D eigenvalue weighted by Gasteiger charge is 2.24. The van der Waals surface area contributed by atoms with Crippen molar-refractivity contribution >= 4 is 54.9 Å². The minimum atomic E-state index is -3.76. The maximum atomic E-state index is 12.6. The number of hydrogen-bond donors (Lipinski definition) is 2. The molecule has 146 valence electrons. The number of hydrogen-bond acceptors (Lipinski definition) is 7. The molecule has 0 fully saturated rings. The molecule has 1 aromatic carbocycles. The summed E-state index contributed by atoms with van der Waals surface area (Å²) in [5, 5.41) is 9.42. The molecule has 0 spiro atoms. The summed E-state index contributed by atoms with van der Waals surface area (Å²) in [6, 6.07) is 5.77. The molecule has 2 aromatic heterocycles. The van der Waals surface area contributed by atoms with Gasteiger partial charge in [0.1, 0.15) is 16.2 Å². The number of nitrogens with zero attached hydrogens (tertiary/aromatic N) is 2. The van der Waals surface area contributed by atoms with Gasteiger partial charge in [-0.2, -0.15) is 0 Å². The van der Waals surface area contributed by atoms with Crippen LogP contribution in [0.2, 0.25) is 0 Å². The first-order valence-corrected chi connectivity index (χ1v) is 11.9. The zero-order valence-corrected chi connectivity index (χ0v) is 17.5. The molecule has 1 amide bonds. The van der Waals surface area contributed by atoms with Gasteiger partial charge in [-0.3, -0.25) is 4.79 Å². The van der Waals surface area contributed by atoms with Gasteiger partial charge in [-0.15, -0.1) is 11.3 Å². The average molecular weight is 435 g/mol. The Bertz CT molecular complexity index is 1160. The number of rotatable bonds is 5. The zero-order valence-electron chi connectivity index (χ0n) is 15.0. The van der Waals surface area contributed by atoms with Gasteiger partial charge in [-0.05, 0) is 56.0 Å². The van der Waals surface area contributed by atoms with Crippen LogP contribution in [0.1, 0.15) is 23.8 Å². The number of carbonyl (C=O) groups excluding carboxylic acids is 1. The number of thioether (sulfide) groups is 1. The molecule has 0 bridgehead atoms.